The van der Waals surface area contributed by atoms with Gasteiger partial charge in [-0.25, -0.2) is 0 Å². The predicted octanol–water partition coefficient (Wildman–Crippen LogP) is 3.25. The van der Waals surface area contributed by atoms with Crippen molar-refractivity contribution < 1.29 is 27.6 Å². The molecule has 0 aliphatic rings. The van der Waals surface area contributed by atoms with Crippen LogP contribution in [-0.2, 0) is 11.0 Å². The summed E-state index contributed by atoms with van der Waals surface area (Å²) in [6.45, 7) is 0. The van der Waals surface area contributed by atoms with Gasteiger partial charge in [0.25, 0.3) is 17.6 Å². The summed E-state index contributed by atoms with van der Waals surface area (Å²) in [5, 5.41) is 0. The van der Waals surface area contributed by atoms with Crippen LogP contribution in [0.25, 0.3) is 0 Å². The van der Waals surface area contributed by atoms with Gasteiger partial charge in [-0.2, -0.15) is 13.2 Å². The minimum atomic E-state index is -4.53. The van der Waals surface area contributed by atoms with Crippen molar-refractivity contribution in [3.05, 3.63) is 65.2 Å². The number of amides is 2. The molecule has 0 aliphatic heterocycles. The number of rotatable bonds is 4. The SMILES string of the molecule is CN(C)C(=O)c1cccc(N(C)C(=O)C(=O)c2ccc(C(F)(F)F)cc2)c1. The highest BCUT2D eigenvalue weighted by Gasteiger charge is 2.31. The van der Waals surface area contributed by atoms with Gasteiger partial charge in [-0.05, 0) is 30.3 Å². The van der Waals surface area contributed by atoms with E-state index in [4.69, 9.17) is 0 Å². The average Bonchev–Trinajstić information content (AvgIpc) is 2.65. The average molecular weight is 378 g/mol. The lowest BCUT2D eigenvalue weighted by atomic mass is 10.1. The molecule has 0 saturated carbocycles. The monoisotopic (exact) mass is 378 g/mol. The summed E-state index contributed by atoms with van der Waals surface area (Å²) in [7, 11) is 4.51. The molecular weight excluding hydrogens is 361 g/mol. The van der Waals surface area contributed by atoms with Gasteiger partial charge in [0, 0.05) is 38.0 Å². The molecule has 0 N–H and O–H groups in total. The molecule has 142 valence electrons. The molecule has 0 fully saturated rings. The predicted molar refractivity (Wildman–Crippen MR) is 93.6 cm³/mol. The number of carbonyl (C=O) groups is 3. The summed E-state index contributed by atoms with van der Waals surface area (Å²) in [5.74, 6) is -2.15. The zero-order valence-electron chi connectivity index (χ0n) is 14.9. The summed E-state index contributed by atoms with van der Waals surface area (Å²) in [5.41, 5.74) is -0.415. The molecule has 0 unspecified atom stereocenters. The first-order valence-corrected chi connectivity index (χ1v) is 7.83. The first kappa shape index (κ1) is 20.2. The van der Waals surface area contributed by atoms with Crippen LogP contribution >= 0.6 is 0 Å². The van der Waals surface area contributed by atoms with E-state index in [9.17, 15) is 27.6 Å². The molecule has 2 aromatic carbocycles. The van der Waals surface area contributed by atoms with Crippen LogP contribution in [0.5, 0.6) is 0 Å². The second-order valence-corrected chi connectivity index (χ2v) is 6.02. The highest BCUT2D eigenvalue weighted by Crippen LogP contribution is 2.29. The fourth-order valence-electron chi connectivity index (χ4n) is 2.31. The van der Waals surface area contributed by atoms with E-state index in [2.05, 4.69) is 0 Å². The van der Waals surface area contributed by atoms with Crippen molar-refractivity contribution in [2.75, 3.05) is 26.0 Å². The summed E-state index contributed by atoms with van der Waals surface area (Å²) in [6, 6.07) is 9.56. The second-order valence-electron chi connectivity index (χ2n) is 6.02. The van der Waals surface area contributed by atoms with Gasteiger partial charge in [-0.3, -0.25) is 14.4 Å². The van der Waals surface area contributed by atoms with Crippen molar-refractivity contribution in [2.45, 2.75) is 6.18 Å². The number of ketones is 1. The highest BCUT2D eigenvalue weighted by molar-refractivity contribution is 6.47. The van der Waals surface area contributed by atoms with E-state index >= 15 is 0 Å². The molecule has 5 nitrogen and oxygen atoms in total. The maximum Gasteiger partial charge on any atom is 0.416 e. The zero-order valence-corrected chi connectivity index (χ0v) is 14.9. The van der Waals surface area contributed by atoms with Crippen LogP contribution in [0.1, 0.15) is 26.3 Å². The Labute approximate surface area is 154 Å². The number of nitrogens with zero attached hydrogens (tertiary/aromatic N) is 2. The fourth-order valence-corrected chi connectivity index (χ4v) is 2.31. The summed E-state index contributed by atoms with van der Waals surface area (Å²) in [6.07, 6.45) is -4.53. The van der Waals surface area contributed by atoms with E-state index in [0.29, 0.717) is 11.3 Å². The third kappa shape index (κ3) is 4.52. The van der Waals surface area contributed by atoms with Crippen molar-refractivity contribution in [2.24, 2.45) is 0 Å². The number of hydrogen-bond acceptors (Lipinski definition) is 3. The maximum atomic E-state index is 12.6. The minimum absolute atomic E-state index is 0.152. The van der Waals surface area contributed by atoms with Gasteiger partial charge in [-0.1, -0.05) is 18.2 Å². The first-order valence-electron chi connectivity index (χ1n) is 7.83. The van der Waals surface area contributed by atoms with Crippen LogP contribution < -0.4 is 4.90 Å². The van der Waals surface area contributed by atoms with Crippen molar-refractivity contribution in [3.63, 3.8) is 0 Å². The molecule has 0 aliphatic carbocycles. The Balaban J connectivity index is 2.23. The lowest BCUT2D eigenvalue weighted by Gasteiger charge is -2.18. The van der Waals surface area contributed by atoms with Crippen LogP contribution in [0.3, 0.4) is 0 Å². The van der Waals surface area contributed by atoms with Gasteiger partial charge in [0.15, 0.2) is 0 Å². The first-order chi connectivity index (χ1) is 12.5. The van der Waals surface area contributed by atoms with Crippen LogP contribution in [0.2, 0.25) is 0 Å². The molecule has 0 atom stereocenters. The molecule has 0 bridgehead atoms. The topological polar surface area (TPSA) is 57.7 Å². The highest BCUT2D eigenvalue weighted by atomic mass is 19.4. The molecule has 2 aromatic rings. The molecule has 2 rings (SSSR count). The molecule has 0 aromatic heterocycles. The van der Waals surface area contributed by atoms with Gasteiger partial charge < -0.3 is 9.80 Å². The van der Waals surface area contributed by atoms with Gasteiger partial charge in [-0.15, -0.1) is 0 Å². The van der Waals surface area contributed by atoms with E-state index < -0.39 is 23.4 Å². The molecule has 0 saturated heterocycles. The van der Waals surface area contributed by atoms with Crippen molar-refractivity contribution in [1.29, 1.82) is 0 Å². The Morgan fingerprint density at radius 2 is 1.44 bits per heavy atom. The van der Waals surface area contributed by atoms with Crippen molar-refractivity contribution >= 4 is 23.3 Å². The second kappa shape index (κ2) is 7.61. The van der Waals surface area contributed by atoms with Crippen LogP contribution in [-0.4, -0.2) is 43.6 Å². The van der Waals surface area contributed by atoms with E-state index in [1.807, 2.05) is 0 Å². The summed E-state index contributed by atoms with van der Waals surface area (Å²) in [4.78, 5) is 39.1. The Kier molecular flexibility index (Phi) is 5.68. The van der Waals surface area contributed by atoms with Crippen LogP contribution in [0, 0.1) is 0 Å². The van der Waals surface area contributed by atoms with E-state index in [0.717, 1.165) is 29.2 Å². The lowest BCUT2D eigenvalue weighted by Crippen LogP contribution is -2.33. The van der Waals surface area contributed by atoms with Crippen LogP contribution in [0.4, 0.5) is 18.9 Å². The van der Waals surface area contributed by atoms with Crippen LogP contribution in [0.15, 0.2) is 48.5 Å². The number of hydrogen-bond donors (Lipinski definition) is 0. The largest absolute Gasteiger partial charge is 0.416 e. The number of benzene rings is 2. The maximum absolute atomic E-state index is 12.6. The Morgan fingerprint density at radius 1 is 0.852 bits per heavy atom. The van der Waals surface area contributed by atoms with Crippen molar-refractivity contribution in [3.8, 4) is 0 Å². The van der Waals surface area contributed by atoms with E-state index in [1.54, 1.807) is 32.3 Å². The Morgan fingerprint density at radius 3 is 1.96 bits per heavy atom. The molecular formula is C19H17F3N2O3. The third-order valence-electron chi connectivity index (χ3n) is 3.86. The third-order valence-corrected chi connectivity index (χ3v) is 3.86. The van der Waals surface area contributed by atoms with Gasteiger partial charge in [0.2, 0.25) is 0 Å². The molecule has 0 radical (unpaired) electrons. The number of anilines is 1. The molecule has 2 amide bonds. The minimum Gasteiger partial charge on any atom is -0.345 e. The van der Waals surface area contributed by atoms with Gasteiger partial charge in [0.1, 0.15) is 0 Å². The number of halogens is 3. The fraction of sp³-hybridized carbons (Fsp3) is 0.211. The normalized spacial score (nSPS) is 11.0. The van der Waals surface area contributed by atoms with E-state index in [1.165, 1.54) is 18.0 Å². The number of alkyl halides is 3. The molecule has 27 heavy (non-hydrogen) atoms. The van der Waals surface area contributed by atoms with Gasteiger partial charge >= 0.3 is 6.18 Å². The number of Topliss-reactive ketones (excluding diaryl/α,β-unsaturated/α-hetero) is 1. The quantitative estimate of drug-likeness (QED) is 0.606. The lowest BCUT2D eigenvalue weighted by molar-refractivity contribution is -0.137. The summed E-state index contributed by atoms with van der Waals surface area (Å²) < 4.78 is 37.8. The number of likely N-dealkylation sites (N-methyl/N-ethyl adjacent to an activating group) is 1. The Hall–Kier alpha value is -3.16. The molecule has 0 heterocycles. The standard InChI is InChI=1S/C19H17F3N2O3/c1-23(2)17(26)13-5-4-6-15(11-13)24(3)18(27)16(25)12-7-9-14(10-8-12)19(20,21)22/h4-11H,1-3H3. The van der Waals surface area contributed by atoms with Gasteiger partial charge in [0.05, 0.1) is 5.56 Å². The zero-order chi connectivity index (χ0) is 20.4. The molecule has 0 spiro atoms. The van der Waals surface area contributed by atoms with E-state index in [-0.39, 0.29) is 11.5 Å². The summed E-state index contributed by atoms with van der Waals surface area (Å²) >= 11 is 0. The number of carbonyl (C=O) groups excluding carboxylic acids is 3. The van der Waals surface area contributed by atoms with Crippen molar-refractivity contribution in [1.82, 2.24) is 4.90 Å². The molecule has 8 heteroatoms. The Bertz CT molecular complexity index is 875. The smallest absolute Gasteiger partial charge is 0.345 e.